The predicted octanol–water partition coefficient (Wildman–Crippen LogP) is 3.86. The summed E-state index contributed by atoms with van der Waals surface area (Å²) in [4.78, 5) is 0. The summed E-state index contributed by atoms with van der Waals surface area (Å²) in [6, 6.07) is 0. The molecule has 1 aliphatic heterocycles. The van der Waals surface area contributed by atoms with Gasteiger partial charge in [0, 0.05) is 13.7 Å². The molecule has 4 atom stereocenters. The van der Waals surface area contributed by atoms with E-state index < -0.39 is 6.10 Å². The van der Waals surface area contributed by atoms with Gasteiger partial charge in [0.1, 0.15) is 24.4 Å². The minimum absolute atomic E-state index is 0.180. The highest BCUT2D eigenvalue weighted by Gasteiger charge is 2.39. The molecule has 1 rings (SSSR count). The quantitative estimate of drug-likeness (QED) is 0.436. The highest BCUT2D eigenvalue weighted by Crippen LogP contribution is 2.22. The molecule has 0 aliphatic carbocycles. The molecule has 0 bridgehead atoms. The van der Waals surface area contributed by atoms with Crippen LogP contribution in [-0.2, 0) is 14.2 Å². The van der Waals surface area contributed by atoms with E-state index in [0.29, 0.717) is 13.2 Å². The molecule has 1 heterocycles. The first-order valence-electron chi connectivity index (χ1n) is 9.35. The monoisotopic (exact) mass is 328 g/mol. The third-order valence-electron chi connectivity index (χ3n) is 4.39. The van der Waals surface area contributed by atoms with Crippen molar-refractivity contribution < 1.29 is 19.3 Å². The number of hydrogen-bond donors (Lipinski definition) is 1. The zero-order valence-electron chi connectivity index (χ0n) is 15.2. The maximum atomic E-state index is 10.4. The third-order valence-corrected chi connectivity index (χ3v) is 4.39. The van der Waals surface area contributed by atoms with Crippen molar-refractivity contribution in [3.63, 3.8) is 0 Å². The summed E-state index contributed by atoms with van der Waals surface area (Å²) in [5, 5.41) is 10.4. The van der Waals surface area contributed by atoms with Crippen LogP contribution in [0.15, 0.2) is 12.2 Å². The number of methoxy groups -OCH3 is 1. The maximum absolute atomic E-state index is 10.4. The van der Waals surface area contributed by atoms with Crippen molar-refractivity contribution in [2.75, 3.05) is 20.3 Å². The summed E-state index contributed by atoms with van der Waals surface area (Å²) >= 11 is 0. The van der Waals surface area contributed by atoms with Gasteiger partial charge in [-0.25, -0.2) is 0 Å². The molecule has 4 nitrogen and oxygen atoms in total. The maximum Gasteiger partial charge on any atom is 0.114 e. The Bertz CT molecular complexity index is 306. The van der Waals surface area contributed by atoms with Crippen molar-refractivity contribution in [1.82, 2.24) is 0 Å². The minimum atomic E-state index is -0.670. The molecule has 0 aromatic heterocycles. The first kappa shape index (κ1) is 20.6. The van der Waals surface area contributed by atoms with Gasteiger partial charge in [-0.2, -0.15) is 0 Å². The molecule has 0 aromatic carbocycles. The highest BCUT2D eigenvalue weighted by atomic mass is 16.6. The molecule has 0 aromatic rings. The van der Waals surface area contributed by atoms with Crippen molar-refractivity contribution >= 4 is 0 Å². The van der Waals surface area contributed by atoms with Gasteiger partial charge in [0.05, 0.1) is 6.61 Å². The van der Waals surface area contributed by atoms with E-state index in [1.54, 1.807) is 7.11 Å². The van der Waals surface area contributed by atoms with Gasteiger partial charge in [-0.15, -0.1) is 0 Å². The molecule has 1 N–H and O–H groups in total. The normalized spacial score (nSPS) is 28.5. The van der Waals surface area contributed by atoms with Crippen LogP contribution in [0.2, 0.25) is 0 Å². The Kier molecular flexibility index (Phi) is 11.6. The lowest BCUT2D eigenvalue weighted by Gasteiger charge is -2.38. The molecule has 0 radical (unpaired) electrons. The zero-order valence-corrected chi connectivity index (χ0v) is 15.2. The molecular weight excluding hydrogens is 292 g/mol. The first-order chi connectivity index (χ1) is 11.2. The van der Waals surface area contributed by atoms with Crippen LogP contribution >= 0.6 is 0 Å². The Labute approximate surface area is 142 Å². The van der Waals surface area contributed by atoms with Crippen molar-refractivity contribution in [1.29, 1.82) is 0 Å². The summed E-state index contributed by atoms with van der Waals surface area (Å²) in [5.74, 6) is 0. The van der Waals surface area contributed by atoms with Crippen LogP contribution in [0.4, 0.5) is 0 Å². The van der Waals surface area contributed by atoms with E-state index in [2.05, 4.69) is 19.9 Å². The number of hydrogen-bond acceptors (Lipinski definition) is 4. The molecule has 136 valence electrons. The van der Waals surface area contributed by atoms with E-state index in [4.69, 9.17) is 14.2 Å². The van der Waals surface area contributed by atoms with Crippen LogP contribution in [0.5, 0.6) is 0 Å². The lowest BCUT2D eigenvalue weighted by molar-refractivity contribution is -0.198. The van der Waals surface area contributed by atoms with Gasteiger partial charge < -0.3 is 19.3 Å². The van der Waals surface area contributed by atoms with Crippen LogP contribution in [0.3, 0.4) is 0 Å². The Hall–Kier alpha value is -0.420. The first-order valence-corrected chi connectivity index (χ1v) is 9.35. The minimum Gasteiger partial charge on any atom is -0.387 e. The molecule has 0 unspecified atom stereocenters. The second kappa shape index (κ2) is 12.9. The van der Waals surface area contributed by atoms with Crippen LogP contribution in [0, 0.1) is 0 Å². The molecule has 0 amide bonds. The molecule has 0 saturated carbocycles. The summed E-state index contributed by atoms with van der Waals surface area (Å²) in [6.07, 6.45) is 12.2. The van der Waals surface area contributed by atoms with Crippen molar-refractivity contribution in [2.24, 2.45) is 0 Å². The van der Waals surface area contributed by atoms with Crippen molar-refractivity contribution in [2.45, 2.75) is 89.6 Å². The molecule has 0 spiro atoms. The lowest BCUT2D eigenvalue weighted by Crippen LogP contribution is -2.54. The Morgan fingerprint density at radius 3 is 2.52 bits per heavy atom. The van der Waals surface area contributed by atoms with Gasteiger partial charge in [-0.3, -0.25) is 0 Å². The van der Waals surface area contributed by atoms with Crippen molar-refractivity contribution in [3.8, 4) is 0 Å². The van der Waals surface area contributed by atoms with Crippen molar-refractivity contribution in [3.05, 3.63) is 12.2 Å². The predicted molar refractivity (Wildman–Crippen MR) is 93.7 cm³/mol. The van der Waals surface area contributed by atoms with Crippen LogP contribution < -0.4 is 0 Å². The summed E-state index contributed by atoms with van der Waals surface area (Å²) in [7, 11) is 1.63. The van der Waals surface area contributed by atoms with E-state index >= 15 is 0 Å². The average molecular weight is 328 g/mol. The molecule has 23 heavy (non-hydrogen) atoms. The van der Waals surface area contributed by atoms with Gasteiger partial charge in [0.2, 0.25) is 0 Å². The van der Waals surface area contributed by atoms with Crippen LogP contribution in [-0.4, -0.2) is 49.8 Å². The standard InChI is InChI=1S/C19H36O4/c1-4-6-8-9-10-11-12-13-16-18(20)19(21-3)17(15-23-16)22-14-7-5-2/h12-13,16-20H,4-11,14-15H2,1-3H3/b13-12+/t16-,17+,18-,19+/m0/s1. The van der Waals surface area contributed by atoms with E-state index in [0.717, 1.165) is 19.3 Å². The molecule has 1 fully saturated rings. The van der Waals surface area contributed by atoms with Gasteiger partial charge >= 0.3 is 0 Å². The van der Waals surface area contributed by atoms with Gasteiger partial charge in [0.25, 0.3) is 0 Å². The number of aliphatic hydroxyl groups excluding tert-OH is 1. The smallest absolute Gasteiger partial charge is 0.114 e. The third kappa shape index (κ3) is 7.79. The summed E-state index contributed by atoms with van der Waals surface area (Å²) < 4.78 is 17.0. The molecule has 4 heteroatoms. The molecule has 1 aliphatic rings. The topological polar surface area (TPSA) is 47.9 Å². The van der Waals surface area contributed by atoms with Crippen LogP contribution in [0.25, 0.3) is 0 Å². The average Bonchev–Trinajstić information content (AvgIpc) is 2.56. The zero-order chi connectivity index (χ0) is 16.9. The van der Waals surface area contributed by atoms with Gasteiger partial charge in [0.15, 0.2) is 0 Å². The Balaban J connectivity index is 2.32. The number of aliphatic hydroxyl groups is 1. The lowest BCUT2D eigenvalue weighted by atomic mass is 9.99. The number of ether oxygens (including phenoxy) is 3. The number of unbranched alkanes of at least 4 members (excludes halogenated alkanes) is 6. The Morgan fingerprint density at radius 1 is 1.09 bits per heavy atom. The number of rotatable bonds is 12. The largest absolute Gasteiger partial charge is 0.387 e. The fourth-order valence-corrected chi connectivity index (χ4v) is 2.88. The van der Waals surface area contributed by atoms with Gasteiger partial charge in [-0.1, -0.05) is 58.1 Å². The SMILES string of the molecule is CCCCCCC/C=C/[C@@H]1OC[C@@H](OCCCC)[C@@H](OC)[C@H]1O. The second-order valence-corrected chi connectivity index (χ2v) is 6.38. The van der Waals surface area contributed by atoms with E-state index in [1.165, 1.54) is 32.1 Å². The highest BCUT2D eigenvalue weighted by molar-refractivity contribution is 5.00. The van der Waals surface area contributed by atoms with E-state index in [-0.39, 0.29) is 18.3 Å². The summed E-state index contributed by atoms with van der Waals surface area (Å²) in [6.45, 7) is 5.53. The Morgan fingerprint density at radius 2 is 1.83 bits per heavy atom. The molecular formula is C19H36O4. The number of allylic oxidation sites excluding steroid dienone is 1. The van der Waals surface area contributed by atoms with Crippen LogP contribution in [0.1, 0.15) is 65.2 Å². The molecule has 1 saturated heterocycles. The second-order valence-electron chi connectivity index (χ2n) is 6.38. The van der Waals surface area contributed by atoms with Gasteiger partial charge in [-0.05, 0) is 19.3 Å². The van der Waals surface area contributed by atoms with E-state index in [1.807, 2.05) is 6.08 Å². The fourth-order valence-electron chi connectivity index (χ4n) is 2.88. The van der Waals surface area contributed by atoms with E-state index in [9.17, 15) is 5.11 Å². The fraction of sp³-hybridized carbons (Fsp3) is 0.895. The summed E-state index contributed by atoms with van der Waals surface area (Å²) in [5.41, 5.74) is 0.